The van der Waals surface area contributed by atoms with Crippen LogP contribution in [0.5, 0.6) is 0 Å². The summed E-state index contributed by atoms with van der Waals surface area (Å²) < 4.78 is 26.4. The van der Waals surface area contributed by atoms with Gasteiger partial charge >= 0.3 is 0 Å². The Kier molecular flexibility index (Phi) is 7.84. The molecule has 1 aliphatic heterocycles. The Bertz CT molecular complexity index is 939. The molecule has 8 heteroatoms. The Morgan fingerprint density at radius 1 is 1.00 bits per heavy atom. The maximum Gasteiger partial charge on any atom is 0.240 e. The number of hydrogen-bond donors (Lipinski definition) is 2. The van der Waals surface area contributed by atoms with E-state index in [4.69, 9.17) is 4.99 Å². The minimum Gasteiger partial charge on any atom is -0.357 e. The molecule has 2 N–H and O–H groups in total. The number of hydrogen-bond acceptors (Lipinski definition) is 4. The molecule has 162 valence electrons. The number of guanidine groups is 1. The molecule has 0 radical (unpaired) electrons. The smallest absolute Gasteiger partial charge is 0.240 e. The van der Waals surface area contributed by atoms with Crippen molar-refractivity contribution < 1.29 is 8.42 Å². The van der Waals surface area contributed by atoms with Gasteiger partial charge in [0.2, 0.25) is 10.0 Å². The number of rotatable bonds is 7. The zero-order chi connectivity index (χ0) is 21.4. The molecule has 0 bridgehead atoms. The number of sulfonamides is 1. The minimum atomic E-state index is -3.45. The van der Waals surface area contributed by atoms with Gasteiger partial charge in [0.25, 0.3) is 0 Å². The molecule has 1 heterocycles. The van der Waals surface area contributed by atoms with E-state index in [9.17, 15) is 8.42 Å². The average Bonchev–Trinajstić information content (AvgIpc) is 2.78. The fourth-order valence-corrected chi connectivity index (χ4v) is 4.28. The lowest BCUT2D eigenvalue weighted by molar-refractivity contribution is 0.172. The Labute approximate surface area is 179 Å². The molecule has 0 atom stereocenters. The van der Waals surface area contributed by atoms with Crippen LogP contribution in [0.25, 0.3) is 0 Å². The standard InChI is InChI=1S/C22H31N5O2S/c1-3-24-22(25-17-20-10-7-11-21(16-20)30(28,29)23-2)27-14-12-26(13-15-27)18-19-8-5-4-6-9-19/h4-11,16,23H,3,12-15,17-18H2,1-2H3,(H,24,25). The first-order valence-corrected chi connectivity index (χ1v) is 11.8. The molecule has 3 rings (SSSR count). The Morgan fingerprint density at radius 3 is 2.37 bits per heavy atom. The molecule has 0 amide bonds. The molecule has 0 unspecified atom stereocenters. The van der Waals surface area contributed by atoms with Crippen molar-refractivity contribution in [3.05, 3.63) is 65.7 Å². The highest BCUT2D eigenvalue weighted by atomic mass is 32.2. The van der Waals surface area contributed by atoms with Crippen molar-refractivity contribution in [2.75, 3.05) is 39.8 Å². The van der Waals surface area contributed by atoms with Gasteiger partial charge in [0.15, 0.2) is 5.96 Å². The fourth-order valence-electron chi connectivity index (χ4n) is 3.48. The van der Waals surface area contributed by atoms with Gasteiger partial charge in [0.05, 0.1) is 11.4 Å². The number of nitrogens with one attached hydrogen (secondary N) is 2. The van der Waals surface area contributed by atoms with Gasteiger partial charge in [-0.15, -0.1) is 0 Å². The van der Waals surface area contributed by atoms with Crippen LogP contribution in [0.4, 0.5) is 0 Å². The topological polar surface area (TPSA) is 77.0 Å². The predicted octanol–water partition coefficient (Wildman–Crippen LogP) is 1.88. The van der Waals surface area contributed by atoms with Gasteiger partial charge in [-0.3, -0.25) is 4.90 Å². The van der Waals surface area contributed by atoms with Crippen LogP contribution in [0.2, 0.25) is 0 Å². The second-order valence-corrected chi connectivity index (χ2v) is 9.16. The minimum absolute atomic E-state index is 0.261. The van der Waals surface area contributed by atoms with Crippen molar-refractivity contribution in [2.45, 2.75) is 24.9 Å². The number of aliphatic imine (C=N–C) groups is 1. The Hall–Kier alpha value is -2.42. The summed E-state index contributed by atoms with van der Waals surface area (Å²) in [6.07, 6.45) is 0. The molecule has 1 aliphatic rings. The van der Waals surface area contributed by atoms with Gasteiger partial charge in [-0.2, -0.15) is 0 Å². The predicted molar refractivity (Wildman–Crippen MR) is 121 cm³/mol. The van der Waals surface area contributed by atoms with Crippen LogP contribution in [-0.4, -0.2) is 63.9 Å². The molecular formula is C22H31N5O2S. The van der Waals surface area contributed by atoms with Crippen molar-refractivity contribution in [1.29, 1.82) is 0 Å². The van der Waals surface area contributed by atoms with Gasteiger partial charge in [-0.1, -0.05) is 42.5 Å². The molecule has 0 aliphatic carbocycles. The van der Waals surface area contributed by atoms with Crippen LogP contribution in [0.1, 0.15) is 18.1 Å². The van der Waals surface area contributed by atoms with Gasteiger partial charge in [0.1, 0.15) is 0 Å². The number of nitrogens with zero attached hydrogens (tertiary/aromatic N) is 3. The third-order valence-corrected chi connectivity index (χ3v) is 6.56. The fraction of sp³-hybridized carbons (Fsp3) is 0.409. The van der Waals surface area contributed by atoms with Gasteiger partial charge in [-0.25, -0.2) is 18.1 Å². The highest BCUT2D eigenvalue weighted by molar-refractivity contribution is 7.89. The SMILES string of the molecule is CCNC(=NCc1cccc(S(=O)(=O)NC)c1)N1CCN(Cc2ccccc2)CC1. The third kappa shape index (κ3) is 6.04. The van der Waals surface area contributed by atoms with E-state index in [2.05, 4.69) is 51.0 Å². The zero-order valence-corrected chi connectivity index (χ0v) is 18.5. The lowest BCUT2D eigenvalue weighted by atomic mass is 10.2. The number of benzene rings is 2. The van der Waals surface area contributed by atoms with E-state index >= 15 is 0 Å². The van der Waals surface area contributed by atoms with Crippen LogP contribution < -0.4 is 10.0 Å². The summed E-state index contributed by atoms with van der Waals surface area (Å²) in [5.41, 5.74) is 2.20. The normalized spacial score (nSPS) is 15.9. The molecule has 1 fully saturated rings. The van der Waals surface area contributed by atoms with E-state index < -0.39 is 10.0 Å². The van der Waals surface area contributed by atoms with Crippen molar-refractivity contribution in [3.63, 3.8) is 0 Å². The van der Waals surface area contributed by atoms with Crippen LogP contribution >= 0.6 is 0 Å². The van der Waals surface area contributed by atoms with Crippen LogP contribution in [0.3, 0.4) is 0 Å². The first kappa shape index (κ1) is 22.3. The van der Waals surface area contributed by atoms with Crippen LogP contribution in [-0.2, 0) is 23.1 Å². The van der Waals surface area contributed by atoms with Gasteiger partial charge in [-0.05, 0) is 37.2 Å². The summed E-state index contributed by atoms with van der Waals surface area (Å²) in [6.45, 7) is 8.03. The van der Waals surface area contributed by atoms with Crippen molar-refractivity contribution in [3.8, 4) is 0 Å². The molecule has 2 aromatic carbocycles. The van der Waals surface area contributed by atoms with E-state index in [1.54, 1.807) is 18.2 Å². The molecule has 0 spiro atoms. The lowest BCUT2D eigenvalue weighted by Crippen LogP contribution is -2.52. The quantitative estimate of drug-likeness (QED) is 0.519. The summed E-state index contributed by atoms with van der Waals surface area (Å²) >= 11 is 0. The van der Waals surface area contributed by atoms with E-state index in [0.29, 0.717) is 6.54 Å². The summed E-state index contributed by atoms with van der Waals surface area (Å²) in [5, 5.41) is 3.37. The second kappa shape index (κ2) is 10.6. The maximum atomic E-state index is 12.0. The highest BCUT2D eigenvalue weighted by Crippen LogP contribution is 2.13. The highest BCUT2D eigenvalue weighted by Gasteiger charge is 2.19. The maximum absolute atomic E-state index is 12.0. The lowest BCUT2D eigenvalue weighted by Gasteiger charge is -2.36. The molecule has 0 aromatic heterocycles. The van der Waals surface area contributed by atoms with E-state index in [1.807, 2.05) is 12.1 Å². The van der Waals surface area contributed by atoms with E-state index in [1.165, 1.54) is 12.6 Å². The van der Waals surface area contributed by atoms with Crippen molar-refractivity contribution in [2.24, 2.45) is 4.99 Å². The molecule has 7 nitrogen and oxygen atoms in total. The summed E-state index contributed by atoms with van der Waals surface area (Å²) in [4.78, 5) is 9.76. The summed E-state index contributed by atoms with van der Waals surface area (Å²) in [7, 11) is -2.03. The molecule has 0 saturated carbocycles. The monoisotopic (exact) mass is 429 g/mol. The van der Waals surface area contributed by atoms with Crippen LogP contribution in [0, 0.1) is 0 Å². The second-order valence-electron chi connectivity index (χ2n) is 7.27. The van der Waals surface area contributed by atoms with Gasteiger partial charge in [0, 0.05) is 39.3 Å². The molecule has 30 heavy (non-hydrogen) atoms. The molecule has 1 saturated heterocycles. The summed E-state index contributed by atoms with van der Waals surface area (Å²) in [5.74, 6) is 0.874. The summed E-state index contributed by atoms with van der Waals surface area (Å²) in [6, 6.07) is 17.5. The Balaban J connectivity index is 1.62. The van der Waals surface area contributed by atoms with Crippen molar-refractivity contribution >= 4 is 16.0 Å². The van der Waals surface area contributed by atoms with E-state index in [-0.39, 0.29) is 4.90 Å². The largest absolute Gasteiger partial charge is 0.357 e. The van der Waals surface area contributed by atoms with Crippen molar-refractivity contribution in [1.82, 2.24) is 19.8 Å². The van der Waals surface area contributed by atoms with Gasteiger partial charge < -0.3 is 10.2 Å². The first-order valence-electron chi connectivity index (χ1n) is 10.3. The number of piperazine rings is 1. The first-order chi connectivity index (χ1) is 14.5. The Morgan fingerprint density at radius 2 is 1.70 bits per heavy atom. The molecule has 2 aromatic rings. The molecular weight excluding hydrogens is 398 g/mol. The average molecular weight is 430 g/mol. The zero-order valence-electron chi connectivity index (χ0n) is 17.7. The van der Waals surface area contributed by atoms with Crippen LogP contribution in [0.15, 0.2) is 64.5 Å². The van der Waals surface area contributed by atoms with E-state index in [0.717, 1.165) is 50.8 Å². The third-order valence-electron chi connectivity index (χ3n) is 5.14.